The van der Waals surface area contributed by atoms with Crippen LogP contribution < -0.4 is 0 Å². The first-order valence-electron chi connectivity index (χ1n) is 5.66. The Hall–Kier alpha value is 0.160. The Morgan fingerprint density at radius 2 is 1.82 bits per heavy atom. The van der Waals surface area contributed by atoms with Crippen molar-refractivity contribution in [2.45, 2.75) is 27.2 Å². The van der Waals surface area contributed by atoms with Gasteiger partial charge in [-0.3, -0.25) is 0 Å². The molecular formula is C11H23ClO4S. The van der Waals surface area contributed by atoms with Gasteiger partial charge < -0.3 is 9.47 Å². The first-order chi connectivity index (χ1) is 7.67. The highest BCUT2D eigenvalue weighted by Gasteiger charge is 2.29. The zero-order valence-corrected chi connectivity index (χ0v) is 12.6. The van der Waals surface area contributed by atoms with E-state index in [0.717, 1.165) is 6.42 Å². The summed E-state index contributed by atoms with van der Waals surface area (Å²) in [5.74, 6) is -0.157. The summed E-state index contributed by atoms with van der Waals surface area (Å²) in [5, 5.41) is 0. The van der Waals surface area contributed by atoms with Gasteiger partial charge in [0.2, 0.25) is 9.05 Å². The molecule has 4 nitrogen and oxygen atoms in total. The fraction of sp³-hybridized carbons (Fsp3) is 1.00. The summed E-state index contributed by atoms with van der Waals surface area (Å²) < 4.78 is 32.6. The smallest absolute Gasteiger partial charge is 0.232 e. The molecule has 0 N–H and O–H groups in total. The molecule has 0 amide bonds. The largest absolute Gasteiger partial charge is 0.385 e. The average molecular weight is 287 g/mol. The van der Waals surface area contributed by atoms with E-state index in [4.69, 9.17) is 20.2 Å². The second kappa shape index (κ2) is 7.56. The maximum absolute atomic E-state index is 11.1. The maximum Gasteiger partial charge on any atom is 0.232 e. The molecule has 0 saturated heterocycles. The lowest BCUT2D eigenvalue weighted by Crippen LogP contribution is -2.31. The van der Waals surface area contributed by atoms with E-state index in [2.05, 4.69) is 0 Å². The molecule has 17 heavy (non-hydrogen) atoms. The molecule has 0 radical (unpaired) electrons. The third-order valence-corrected chi connectivity index (χ3v) is 3.76. The molecule has 0 saturated carbocycles. The summed E-state index contributed by atoms with van der Waals surface area (Å²) in [4.78, 5) is 0. The zero-order chi connectivity index (χ0) is 13.5. The molecule has 0 fully saturated rings. The van der Waals surface area contributed by atoms with E-state index < -0.39 is 9.05 Å². The second-order valence-electron chi connectivity index (χ2n) is 5.19. The number of hydrogen-bond acceptors (Lipinski definition) is 4. The summed E-state index contributed by atoms with van der Waals surface area (Å²) in [6, 6.07) is 0. The summed E-state index contributed by atoms with van der Waals surface area (Å²) in [7, 11) is 3.44. The Labute approximate surface area is 109 Å². The quantitative estimate of drug-likeness (QED) is 0.507. The van der Waals surface area contributed by atoms with Gasteiger partial charge in [0, 0.05) is 36.9 Å². The predicted octanol–water partition coefficient (Wildman–Crippen LogP) is 2.27. The van der Waals surface area contributed by atoms with Crippen LogP contribution in [0.4, 0.5) is 0 Å². The molecular weight excluding hydrogens is 264 g/mol. The summed E-state index contributed by atoms with van der Waals surface area (Å²) in [5.41, 5.74) is -0.150. The van der Waals surface area contributed by atoms with Crippen LogP contribution in [0.2, 0.25) is 0 Å². The predicted molar refractivity (Wildman–Crippen MR) is 69.9 cm³/mol. The minimum absolute atomic E-state index is 0.0532. The summed E-state index contributed by atoms with van der Waals surface area (Å²) in [6.45, 7) is 7.57. The van der Waals surface area contributed by atoms with Crippen molar-refractivity contribution in [2.24, 2.45) is 11.3 Å². The Balaban J connectivity index is 4.14. The van der Waals surface area contributed by atoms with Gasteiger partial charge >= 0.3 is 0 Å². The van der Waals surface area contributed by atoms with Crippen LogP contribution in [0.5, 0.6) is 0 Å². The Kier molecular flexibility index (Phi) is 7.63. The summed E-state index contributed by atoms with van der Waals surface area (Å²) >= 11 is 0. The monoisotopic (exact) mass is 286 g/mol. The fourth-order valence-corrected chi connectivity index (χ4v) is 2.85. The normalized spacial score (nSPS) is 14.9. The van der Waals surface area contributed by atoms with Gasteiger partial charge in [0.1, 0.15) is 0 Å². The molecule has 1 unspecified atom stereocenters. The highest BCUT2D eigenvalue weighted by molar-refractivity contribution is 8.13. The van der Waals surface area contributed by atoms with Crippen LogP contribution in [-0.2, 0) is 18.5 Å². The highest BCUT2D eigenvalue weighted by Crippen LogP contribution is 2.28. The van der Waals surface area contributed by atoms with E-state index in [0.29, 0.717) is 19.8 Å². The third-order valence-electron chi connectivity index (χ3n) is 2.58. The molecule has 0 aliphatic carbocycles. The van der Waals surface area contributed by atoms with Crippen LogP contribution in [0.15, 0.2) is 0 Å². The van der Waals surface area contributed by atoms with Gasteiger partial charge in [-0.05, 0) is 11.8 Å². The average Bonchev–Trinajstić information content (AvgIpc) is 2.12. The van der Waals surface area contributed by atoms with Gasteiger partial charge in [0.05, 0.1) is 12.4 Å². The third kappa shape index (κ3) is 9.83. The number of rotatable bonds is 8. The van der Waals surface area contributed by atoms with Crippen LogP contribution in [0.25, 0.3) is 0 Å². The molecule has 0 aromatic heterocycles. The van der Waals surface area contributed by atoms with Crippen LogP contribution in [0.1, 0.15) is 27.2 Å². The second-order valence-corrected chi connectivity index (χ2v) is 8.01. The van der Waals surface area contributed by atoms with Crippen LogP contribution in [-0.4, -0.2) is 41.1 Å². The number of ether oxygens (including phenoxy) is 2. The first-order valence-corrected chi connectivity index (χ1v) is 8.13. The van der Waals surface area contributed by atoms with Gasteiger partial charge in [-0.2, -0.15) is 0 Å². The maximum atomic E-state index is 11.1. The van der Waals surface area contributed by atoms with E-state index in [1.807, 2.05) is 20.8 Å². The fourth-order valence-electron chi connectivity index (χ4n) is 1.32. The molecule has 0 rings (SSSR count). The Morgan fingerprint density at radius 3 is 2.24 bits per heavy atom. The van der Waals surface area contributed by atoms with Gasteiger partial charge in [-0.25, -0.2) is 8.42 Å². The van der Waals surface area contributed by atoms with Crippen LogP contribution in [0, 0.1) is 11.3 Å². The zero-order valence-electron chi connectivity index (χ0n) is 11.0. The SMILES string of the molecule is COCCCOCC(CS(=O)(=O)Cl)C(C)(C)C. The van der Waals surface area contributed by atoms with Crippen molar-refractivity contribution in [3.63, 3.8) is 0 Å². The van der Waals surface area contributed by atoms with E-state index in [1.165, 1.54) is 0 Å². The van der Waals surface area contributed by atoms with E-state index in [1.54, 1.807) is 7.11 Å². The van der Waals surface area contributed by atoms with Crippen molar-refractivity contribution in [2.75, 3.05) is 32.7 Å². The molecule has 0 aromatic rings. The molecule has 0 spiro atoms. The first kappa shape index (κ1) is 17.2. The van der Waals surface area contributed by atoms with Crippen molar-refractivity contribution in [3.05, 3.63) is 0 Å². The van der Waals surface area contributed by atoms with Gasteiger partial charge in [-0.15, -0.1) is 0 Å². The minimum Gasteiger partial charge on any atom is -0.385 e. The topological polar surface area (TPSA) is 52.6 Å². The Morgan fingerprint density at radius 1 is 1.24 bits per heavy atom. The van der Waals surface area contributed by atoms with Gasteiger partial charge in [0.25, 0.3) is 0 Å². The van der Waals surface area contributed by atoms with Gasteiger partial charge in [-0.1, -0.05) is 20.8 Å². The van der Waals surface area contributed by atoms with Gasteiger partial charge in [0.15, 0.2) is 0 Å². The number of halogens is 1. The minimum atomic E-state index is -3.49. The van der Waals surface area contributed by atoms with Crippen molar-refractivity contribution >= 4 is 19.7 Å². The van der Waals surface area contributed by atoms with Crippen LogP contribution >= 0.6 is 10.7 Å². The van der Waals surface area contributed by atoms with E-state index in [-0.39, 0.29) is 17.1 Å². The lowest BCUT2D eigenvalue weighted by Gasteiger charge is -2.29. The van der Waals surface area contributed by atoms with Crippen molar-refractivity contribution in [3.8, 4) is 0 Å². The lowest BCUT2D eigenvalue weighted by molar-refractivity contribution is 0.0528. The number of hydrogen-bond donors (Lipinski definition) is 0. The number of methoxy groups -OCH3 is 1. The van der Waals surface area contributed by atoms with Crippen LogP contribution in [0.3, 0.4) is 0 Å². The lowest BCUT2D eigenvalue weighted by atomic mass is 9.82. The molecule has 104 valence electrons. The molecule has 6 heteroatoms. The Bertz CT molecular complexity index is 295. The van der Waals surface area contributed by atoms with Crippen molar-refractivity contribution in [1.82, 2.24) is 0 Å². The molecule has 0 aromatic carbocycles. The molecule has 0 aliphatic heterocycles. The molecule has 0 aliphatic rings. The molecule has 1 atom stereocenters. The molecule has 0 heterocycles. The molecule has 0 bridgehead atoms. The van der Waals surface area contributed by atoms with E-state index >= 15 is 0 Å². The van der Waals surface area contributed by atoms with E-state index in [9.17, 15) is 8.42 Å². The van der Waals surface area contributed by atoms with Crippen molar-refractivity contribution < 1.29 is 17.9 Å². The standard InChI is InChI=1S/C11H23ClO4S/c1-11(2,3)10(9-17(12,13)14)8-16-7-5-6-15-4/h10H,5-9H2,1-4H3. The summed E-state index contributed by atoms with van der Waals surface area (Å²) in [6.07, 6.45) is 0.807. The highest BCUT2D eigenvalue weighted by atomic mass is 35.7. The van der Waals surface area contributed by atoms with Crippen molar-refractivity contribution in [1.29, 1.82) is 0 Å².